The highest BCUT2D eigenvalue weighted by atomic mass is 32.2. The molecule has 0 aliphatic carbocycles. The molecule has 2 saturated heterocycles. The van der Waals surface area contributed by atoms with E-state index in [1.54, 1.807) is 23.4 Å². The maximum atomic E-state index is 14.4. The predicted molar refractivity (Wildman–Crippen MR) is 143 cm³/mol. The van der Waals surface area contributed by atoms with Gasteiger partial charge in [-0.2, -0.15) is 5.26 Å². The number of piperazine rings is 1. The zero-order chi connectivity index (χ0) is 26.0. The molecule has 2 aliphatic rings. The summed E-state index contributed by atoms with van der Waals surface area (Å²) in [6.07, 6.45) is 5.21. The van der Waals surface area contributed by atoms with Crippen LogP contribution in [0.25, 0.3) is 10.9 Å². The number of pyridine rings is 1. The van der Waals surface area contributed by atoms with Gasteiger partial charge in [0.1, 0.15) is 12.1 Å². The standard InChI is InChI=1S/C28H30FN5O2S/c1-37(36)34-15-13-33(14-16-34)27(35)24-19-31-25-8-7-22(29)17-23(25)26(24)32-11-9-28(20-30,10-12-32)18-21-5-3-2-4-6-21/h2-8,17,19H,9-16,18H2,1H3. The Morgan fingerprint density at radius 1 is 1.11 bits per heavy atom. The number of hydrogen-bond donors (Lipinski definition) is 0. The number of carbonyl (C=O) groups is 1. The number of anilines is 1. The molecule has 2 aromatic carbocycles. The number of hydrogen-bond acceptors (Lipinski definition) is 6. The molecule has 9 heteroatoms. The lowest BCUT2D eigenvalue weighted by Crippen LogP contribution is -2.50. The van der Waals surface area contributed by atoms with Crippen molar-refractivity contribution in [2.75, 3.05) is 50.4 Å². The third kappa shape index (κ3) is 5.28. The minimum Gasteiger partial charge on any atom is -0.598 e. The Kier molecular flexibility index (Phi) is 7.33. The minimum atomic E-state index is -1.07. The van der Waals surface area contributed by atoms with Gasteiger partial charge in [0.05, 0.1) is 41.3 Å². The SMILES string of the molecule is C[S+]([O-])N1CCN(C(=O)c2cnc3ccc(F)cc3c2N2CCC(C#N)(Cc3ccccc3)CC2)CC1. The van der Waals surface area contributed by atoms with Gasteiger partial charge in [-0.1, -0.05) is 30.3 Å². The lowest BCUT2D eigenvalue weighted by atomic mass is 9.75. The van der Waals surface area contributed by atoms with Crippen LogP contribution in [-0.2, 0) is 17.8 Å². The molecule has 2 fully saturated rings. The Bertz CT molecular complexity index is 1310. The molecule has 0 bridgehead atoms. The number of aromatic nitrogens is 1. The first kappa shape index (κ1) is 25.5. The highest BCUT2D eigenvalue weighted by Crippen LogP contribution is 2.39. The van der Waals surface area contributed by atoms with Crippen LogP contribution in [0.2, 0.25) is 0 Å². The van der Waals surface area contributed by atoms with Gasteiger partial charge in [-0.3, -0.25) is 9.78 Å². The van der Waals surface area contributed by atoms with Crippen molar-refractivity contribution in [1.29, 1.82) is 5.26 Å². The molecular weight excluding hydrogens is 489 g/mol. The van der Waals surface area contributed by atoms with Crippen LogP contribution in [0.4, 0.5) is 10.1 Å². The first-order valence-electron chi connectivity index (χ1n) is 12.6. The lowest BCUT2D eigenvalue weighted by molar-refractivity contribution is 0.0698. The second-order valence-corrected chi connectivity index (χ2v) is 11.2. The fourth-order valence-corrected chi connectivity index (χ4v) is 6.12. The number of nitrogens with zero attached hydrogens (tertiary/aromatic N) is 5. The first-order chi connectivity index (χ1) is 17.9. The van der Waals surface area contributed by atoms with Crippen LogP contribution in [0.5, 0.6) is 0 Å². The summed E-state index contributed by atoms with van der Waals surface area (Å²) < 4.78 is 28.1. The number of piperidine rings is 1. The Labute approximate surface area is 219 Å². The highest BCUT2D eigenvalue weighted by Gasteiger charge is 2.37. The zero-order valence-corrected chi connectivity index (χ0v) is 21.7. The predicted octanol–water partition coefficient (Wildman–Crippen LogP) is 3.78. The summed E-state index contributed by atoms with van der Waals surface area (Å²) in [7, 11) is 0. The fraction of sp³-hybridized carbons (Fsp3) is 0.393. The van der Waals surface area contributed by atoms with Gasteiger partial charge in [0.15, 0.2) is 0 Å². The molecule has 0 N–H and O–H groups in total. The number of rotatable bonds is 5. The molecule has 7 nitrogen and oxygen atoms in total. The summed E-state index contributed by atoms with van der Waals surface area (Å²) in [5, 5.41) is 10.7. The van der Waals surface area contributed by atoms with E-state index in [1.807, 2.05) is 22.5 Å². The summed E-state index contributed by atoms with van der Waals surface area (Å²) in [6.45, 7) is 3.17. The van der Waals surface area contributed by atoms with Gasteiger partial charge in [0, 0.05) is 49.1 Å². The second-order valence-electron chi connectivity index (χ2n) is 9.87. The van der Waals surface area contributed by atoms with Crippen molar-refractivity contribution in [3.8, 4) is 6.07 Å². The number of carbonyl (C=O) groups excluding carboxylic acids is 1. The topological polar surface area (TPSA) is 86.5 Å². The Morgan fingerprint density at radius 3 is 2.46 bits per heavy atom. The van der Waals surface area contributed by atoms with Gasteiger partial charge in [-0.25, -0.2) is 4.39 Å². The normalized spacial score (nSPS) is 19.0. The molecule has 0 saturated carbocycles. The van der Waals surface area contributed by atoms with E-state index in [4.69, 9.17) is 0 Å². The summed E-state index contributed by atoms with van der Waals surface area (Å²) in [5.74, 6) is -0.539. The maximum Gasteiger partial charge on any atom is 0.257 e. The van der Waals surface area contributed by atoms with Gasteiger partial charge in [-0.05, 0) is 43.0 Å². The Hall–Kier alpha value is -3.19. The van der Waals surface area contributed by atoms with Crippen molar-refractivity contribution < 1.29 is 13.7 Å². The van der Waals surface area contributed by atoms with E-state index in [1.165, 1.54) is 12.1 Å². The van der Waals surface area contributed by atoms with Gasteiger partial charge in [-0.15, -0.1) is 4.31 Å². The van der Waals surface area contributed by atoms with Crippen molar-refractivity contribution in [2.45, 2.75) is 19.3 Å². The van der Waals surface area contributed by atoms with Crippen LogP contribution < -0.4 is 4.90 Å². The second kappa shape index (κ2) is 10.7. The van der Waals surface area contributed by atoms with E-state index in [-0.39, 0.29) is 11.7 Å². The number of amides is 1. The number of benzene rings is 2. The molecule has 5 rings (SSSR count). The minimum absolute atomic E-state index is 0.156. The molecule has 0 spiro atoms. The molecule has 1 aromatic heterocycles. The van der Waals surface area contributed by atoms with Crippen molar-refractivity contribution in [3.05, 3.63) is 71.7 Å². The monoisotopic (exact) mass is 519 g/mol. The summed E-state index contributed by atoms with van der Waals surface area (Å²) in [4.78, 5) is 22.1. The van der Waals surface area contributed by atoms with Crippen LogP contribution in [0, 0.1) is 22.6 Å². The zero-order valence-electron chi connectivity index (χ0n) is 20.9. The van der Waals surface area contributed by atoms with E-state index in [0.717, 1.165) is 5.56 Å². The average Bonchev–Trinajstić information content (AvgIpc) is 2.93. The molecule has 192 valence electrons. The molecule has 1 unspecified atom stereocenters. The summed E-state index contributed by atoms with van der Waals surface area (Å²) in [5.41, 5.74) is 2.40. The molecule has 2 aliphatic heterocycles. The highest BCUT2D eigenvalue weighted by molar-refractivity contribution is 7.88. The number of fused-ring (bicyclic) bond motifs is 1. The molecule has 3 heterocycles. The molecule has 0 radical (unpaired) electrons. The summed E-state index contributed by atoms with van der Waals surface area (Å²) in [6, 6.07) is 17.1. The van der Waals surface area contributed by atoms with E-state index in [0.29, 0.717) is 80.7 Å². The number of halogens is 1. The van der Waals surface area contributed by atoms with E-state index < -0.39 is 16.8 Å². The summed E-state index contributed by atoms with van der Waals surface area (Å²) >= 11 is -1.07. The molecule has 37 heavy (non-hydrogen) atoms. The van der Waals surface area contributed by atoms with Crippen LogP contribution in [0.15, 0.2) is 54.7 Å². The van der Waals surface area contributed by atoms with Gasteiger partial charge in [0.2, 0.25) is 0 Å². The average molecular weight is 520 g/mol. The van der Waals surface area contributed by atoms with E-state index >= 15 is 0 Å². The smallest absolute Gasteiger partial charge is 0.257 e. The molecular formula is C28H30FN5O2S. The van der Waals surface area contributed by atoms with E-state index in [9.17, 15) is 19.0 Å². The molecule has 3 aromatic rings. The van der Waals surface area contributed by atoms with Crippen LogP contribution in [-0.4, -0.2) is 70.2 Å². The third-order valence-electron chi connectivity index (χ3n) is 7.58. The van der Waals surface area contributed by atoms with Crippen LogP contribution >= 0.6 is 0 Å². The third-order valence-corrected chi connectivity index (χ3v) is 8.67. The largest absolute Gasteiger partial charge is 0.598 e. The first-order valence-corrected chi connectivity index (χ1v) is 14.1. The van der Waals surface area contributed by atoms with Gasteiger partial charge < -0.3 is 14.4 Å². The van der Waals surface area contributed by atoms with Crippen molar-refractivity contribution >= 4 is 33.9 Å². The van der Waals surface area contributed by atoms with Crippen LogP contribution in [0.1, 0.15) is 28.8 Å². The van der Waals surface area contributed by atoms with Crippen molar-refractivity contribution in [3.63, 3.8) is 0 Å². The van der Waals surface area contributed by atoms with E-state index in [2.05, 4.69) is 28.1 Å². The Morgan fingerprint density at radius 2 is 1.81 bits per heavy atom. The fourth-order valence-electron chi connectivity index (χ4n) is 5.44. The molecule has 1 amide bonds. The molecule has 1 atom stereocenters. The van der Waals surface area contributed by atoms with Crippen molar-refractivity contribution in [2.24, 2.45) is 5.41 Å². The lowest BCUT2D eigenvalue weighted by Gasteiger charge is -2.40. The number of nitriles is 1. The Balaban J connectivity index is 1.44. The van der Waals surface area contributed by atoms with Gasteiger partial charge in [0.25, 0.3) is 5.91 Å². The maximum absolute atomic E-state index is 14.4. The quantitative estimate of drug-likeness (QED) is 0.477. The van der Waals surface area contributed by atoms with Crippen molar-refractivity contribution in [1.82, 2.24) is 14.2 Å². The van der Waals surface area contributed by atoms with Crippen LogP contribution in [0.3, 0.4) is 0 Å². The van der Waals surface area contributed by atoms with Gasteiger partial charge >= 0.3 is 0 Å².